The summed E-state index contributed by atoms with van der Waals surface area (Å²) in [7, 11) is 0. The molecule has 0 bridgehead atoms. The Morgan fingerprint density at radius 1 is 0.789 bits per heavy atom. The van der Waals surface area contributed by atoms with E-state index in [2.05, 4.69) is 66.3 Å². The number of ether oxygens (including phenoxy) is 10. The summed E-state index contributed by atoms with van der Waals surface area (Å²) >= 11 is 0. The molecule has 76 heavy (non-hydrogen) atoms. The van der Waals surface area contributed by atoms with Crippen LogP contribution in [-0.4, -0.2) is 176 Å². The van der Waals surface area contributed by atoms with E-state index in [0.717, 1.165) is 17.6 Å². The van der Waals surface area contributed by atoms with Crippen LogP contribution in [0.2, 0.25) is 0 Å². The van der Waals surface area contributed by atoms with Crippen LogP contribution in [-0.2, 0) is 52.2 Å². The fraction of sp³-hybridized carbons (Fsp3) is 0.883. The average Bonchev–Trinajstić information content (AvgIpc) is 3.71. The first kappa shape index (κ1) is 57.4. The van der Waals surface area contributed by atoms with Crippen LogP contribution < -0.4 is 0 Å². The van der Waals surface area contributed by atoms with E-state index < -0.39 is 70.6 Å². The van der Waals surface area contributed by atoms with Gasteiger partial charge in [0.2, 0.25) is 0 Å². The Bertz CT molecular complexity index is 2150. The number of hydrogen-bond donors (Lipinski definition) is 5. The molecule has 10 aliphatic rings. The number of rotatable bonds is 11. The number of carbonyl (C=O) groups is 1. The SMILES string of the molecule is C=C1C[C@@H]2O[C@H]3[C@H](C[C@@]2(C)O[C@H]1C/C(C)=C/[C@@H](C)CO)O[C@@H]1C[C@@H]2O[C@@H]4CC[C@@H]5O[C@@H]6C[C@@H]7O[C@H](C[C@@H](O)C[C@@H]8C[C@@H](C)[C@@H]([C@@H](C)CC(=O)O)O8)[C@@](C)(O)CC[C@H]7O[C@@]6(C)C[C@@]5(C)O[C@H]4C/C=C\[C@@H](C)[C@H]2O[C@@]1(C)[C@@H]3O. The van der Waals surface area contributed by atoms with Gasteiger partial charge in [-0.05, 0) is 123 Å². The zero-order valence-corrected chi connectivity index (χ0v) is 47.2. The van der Waals surface area contributed by atoms with E-state index in [1.165, 1.54) is 0 Å². The van der Waals surface area contributed by atoms with Gasteiger partial charge in [-0.25, -0.2) is 0 Å². The molecule has 0 aromatic rings. The summed E-state index contributed by atoms with van der Waals surface area (Å²) < 4.78 is 70.0. The molecule has 10 rings (SSSR count). The molecule has 0 aromatic carbocycles. The highest BCUT2D eigenvalue weighted by atomic mass is 16.6. The van der Waals surface area contributed by atoms with Gasteiger partial charge in [-0.15, -0.1) is 0 Å². The van der Waals surface area contributed by atoms with Gasteiger partial charge in [0, 0.05) is 44.6 Å². The Balaban J connectivity index is 0.794. The van der Waals surface area contributed by atoms with Gasteiger partial charge < -0.3 is 72.9 Å². The van der Waals surface area contributed by atoms with E-state index in [0.29, 0.717) is 77.0 Å². The topological polar surface area (TPSA) is 211 Å². The third kappa shape index (κ3) is 11.2. The van der Waals surface area contributed by atoms with Gasteiger partial charge in [0.25, 0.3) is 0 Å². The molecule has 0 unspecified atom stereocenters. The van der Waals surface area contributed by atoms with E-state index >= 15 is 0 Å². The monoisotopic (exact) mass is 1070 g/mol. The number of fused-ring (bicyclic) bond motifs is 8. The molecule has 0 radical (unpaired) electrons. The van der Waals surface area contributed by atoms with Crippen molar-refractivity contribution in [2.75, 3.05) is 6.61 Å². The lowest BCUT2D eigenvalue weighted by molar-refractivity contribution is -0.369. The van der Waals surface area contributed by atoms with Crippen molar-refractivity contribution in [3.05, 3.63) is 36.0 Å². The van der Waals surface area contributed by atoms with Crippen molar-refractivity contribution in [2.45, 2.75) is 303 Å². The Morgan fingerprint density at radius 2 is 1.53 bits per heavy atom. The quantitative estimate of drug-likeness (QED) is 0.129. The number of carboxylic acid groups (broad SMARTS) is 1. The average molecular weight is 1070 g/mol. The molecular formula is C60H94O16. The minimum absolute atomic E-state index is 0.0239. The van der Waals surface area contributed by atoms with Crippen molar-refractivity contribution >= 4 is 5.97 Å². The molecule has 10 aliphatic heterocycles. The second-order valence-corrected chi connectivity index (χ2v) is 27.0. The minimum Gasteiger partial charge on any atom is -0.481 e. The van der Waals surface area contributed by atoms with Crippen molar-refractivity contribution in [3.8, 4) is 0 Å². The molecule has 0 aromatic heterocycles. The maximum atomic E-state index is 12.4. The van der Waals surface area contributed by atoms with E-state index in [9.17, 15) is 30.3 Å². The fourth-order valence-corrected chi connectivity index (χ4v) is 16.0. The first-order chi connectivity index (χ1) is 35.8. The third-order valence-electron chi connectivity index (χ3n) is 20.2. The highest BCUT2D eigenvalue weighted by molar-refractivity contribution is 5.67. The van der Waals surface area contributed by atoms with Crippen LogP contribution >= 0.6 is 0 Å². The molecular weight excluding hydrogens is 977 g/mol. The number of carboxylic acids is 1. The standard InChI is InChI=1S/C60H94O16/c1-31(19-32(2)29-61)20-42-34(4)22-48-57(8,75-42)28-45-54(72-48)55(65)60(11)50(70-45)27-44-53(76-60)33(3)13-12-14-40-39(68-44)15-16-46-58(9,73-40)30-59(10)49(71-46)26-43-41(74-59)17-18-56(7,66)47(69-43)25-37(62)24-38-21-35(5)52(67-38)36(6)23-51(63)64/h12-13,19,32-33,35-50,52-55,61-62,65-66H,4,14-18,20-30H2,1-3,5-11H3,(H,63,64)/b13-12-,31-19+/t32-,33-,35-,36+,37+,38+,39-,40+,41-,42+,43+,44+,45+,46+,47-,48+,49-,50-,52+,53-,54+,55-,56+,57-,58-,59+,60-/m1/s1. The van der Waals surface area contributed by atoms with Crippen LogP contribution in [0.3, 0.4) is 0 Å². The highest BCUT2D eigenvalue weighted by Gasteiger charge is 2.65. The van der Waals surface area contributed by atoms with Crippen molar-refractivity contribution in [1.82, 2.24) is 0 Å². The molecule has 9 saturated heterocycles. The van der Waals surface area contributed by atoms with Crippen LogP contribution in [0, 0.1) is 23.7 Å². The van der Waals surface area contributed by atoms with Crippen LogP contribution in [0.25, 0.3) is 0 Å². The van der Waals surface area contributed by atoms with Crippen LogP contribution in [0.4, 0.5) is 0 Å². The summed E-state index contributed by atoms with van der Waals surface area (Å²) in [5.74, 6) is -0.759. The minimum atomic E-state index is -1.20. The van der Waals surface area contributed by atoms with Gasteiger partial charge in [-0.1, -0.05) is 58.1 Å². The smallest absolute Gasteiger partial charge is 0.303 e. The van der Waals surface area contributed by atoms with Crippen LogP contribution in [0.1, 0.15) is 166 Å². The van der Waals surface area contributed by atoms with Gasteiger partial charge >= 0.3 is 5.97 Å². The Labute approximate surface area is 451 Å². The second-order valence-electron chi connectivity index (χ2n) is 27.0. The molecule has 430 valence electrons. The Kier molecular flexibility index (Phi) is 16.5. The molecule has 27 atom stereocenters. The lowest BCUT2D eigenvalue weighted by Gasteiger charge is -2.61. The first-order valence-electron chi connectivity index (χ1n) is 29.4. The molecule has 0 aliphatic carbocycles. The van der Waals surface area contributed by atoms with E-state index in [1.807, 2.05) is 20.8 Å². The van der Waals surface area contributed by atoms with Crippen molar-refractivity contribution in [1.29, 1.82) is 0 Å². The Hall–Kier alpha value is -1.87. The largest absolute Gasteiger partial charge is 0.481 e. The maximum Gasteiger partial charge on any atom is 0.303 e. The number of aliphatic hydroxyl groups excluding tert-OH is 3. The van der Waals surface area contributed by atoms with Crippen molar-refractivity contribution < 1.29 is 77.7 Å². The molecule has 0 amide bonds. The summed E-state index contributed by atoms with van der Waals surface area (Å²) in [6.45, 7) is 24.9. The number of hydrogen-bond acceptors (Lipinski definition) is 15. The normalized spacial score (nSPS) is 52.1. The van der Waals surface area contributed by atoms with Gasteiger partial charge in [-0.3, -0.25) is 4.79 Å². The van der Waals surface area contributed by atoms with Gasteiger partial charge in [0.15, 0.2) is 0 Å². The Morgan fingerprint density at radius 3 is 2.28 bits per heavy atom. The molecule has 0 spiro atoms. The molecule has 16 heteroatoms. The molecule has 16 nitrogen and oxygen atoms in total. The molecule has 0 saturated carbocycles. The van der Waals surface area contributed by atoms with Gasteiger partial charge in [0.05, 0.1) is 126 Å². The lowest BCUT2D eigenvalue weighted by Crippen LogP contribution is -2.74. The first-order valence-corrected chi connectivity index (χ1v) is 29.4. The molecule has 10 heterocycles. The van der Waals surface area contributed by atoms with Crippen molar-refractivity contribution in [3.63, 3.8) is 0 Å². The summed E-state index contributed by atoms with van der Waals surface area (Å²) in [5, 5.41) is 54.8. The lowest BCUT2D eigenvalue weighted by atomic mass is 9.72. The van der Waals surface area contributed by atoms with E-state index in [1.54, 1.807) is 6.92 Å². The van der Waals surface area contributed by atoms with Crippen molar-refractivity contribution in [2.24, 2.45) is 23.7 Å². The third-order valence-corrected chi connectivity index (χ3v) is 20.2. The summed E-state index contributed by atoms with van der Waals surface area (Å²) in [6.07, 6.45) is 7.40. The maximum absolute atomic E-state index is 12.4. The van der Waals surface area contributed by atoms with Gasteiger partial charge in [0.1, 0.15) is 17.8 Å². The summed E-state index contributed by atoms with van der Waals surface area (Å²) in [6, 6.07) is 0. The second kappa shape index (κ2) is 21.8. The van der Waals surface area contributed by atoms with E-state index in [4.69, 9.17) is 47.4 Å². The molecule has 5 N–H and O–H groups in total. The predicted molar refractivity (Wildman–Crippen MR) is 280 cm³/mol. The van der Waals surface area contributed by atoms with Gasteiger partial charge in [-0.2, -0.15) is 0 Å². The van der Waals surface area contributed by atoms with Crippen LogP contribution in [0.5, 0.6) is 0 Å². The zero-order chi connectivity index (χ0) is 54.4. The highest BCUT2D eigenvalue weighted by Crippen LogP contribution is 2.54. The summed E-state index contributed by atoms with van der Waals surface area (Å²) in [5.41, 5.74) is -2.18. The molecule has 9 fully saturated rings. The summed E-state index contributed by atoms with van der Waals surface area (Å²) in [4.78, 5) is 11.4. The number of aliphatic carboxylic acids is 1. The number of aliphatic hydroxyl groups is 4. The zero-order valence-electron chi connectivity index (χ0n) is 47.2. The van der Waals surface area contributed by atoms with E-state index in [-0.39, 0.29) is 116 Å². The fourth-order valence-electron chi connectivity index (χ4n) is 16.0. The van der Waals surface area contributed by atoms with Crippen LogP contribution in [0.15, 0.2) is 36.0 Å². The predicted octanol–water partition coefficient (Wildman–Crippen LogP) is 7.23.